The summed E-state index contributed by atoms with van der Waals surface area (Å²) in [5, 5.41) is 0. The van der Waals surface area contributed by atoms with Crippen molar-refractivity contribution in [2.75, 3.05) is 0 Å². The molecule has 0 rings (SSSR count). The predicted molar refractivity (Wildman–Crippen MR) is 49.7 cm³/mol. The Balaban J connectivity index is 7.56. The number of alkyl halides is 21. The largest absolute Gasteiger partial charge is 0.469 e. The van der Waals surface area contributed by atoms with Gasteiger partial charge in [0.2, 0.25) is 0 Å². The first-order valence-corrected chi connectivity index (χ1v) is 6.14. The second kappa shape index (κ2) is 6.99. The monoisotopic (exact) mass is 521 g/mol. The summed E-state index contributed by atoms with van der Waals surface area (Å²) in [5.41, 5.74) is -9.34. The standard InChI is InChI=1S/C9F21N/c10-1(4(15,16)17,2(11,12)3(13,14)5(18,19)20)7(24,25)31(9(28,29)30)8(26,27)6(21,22)23. The molecule has 0 heterocycles. The molecule has 0 aromatic heterocycles. The van der Waals surface area contributed by atoms with Gasteiger partial charge < -0.3 is 0 Å². The molecule has 0 spiro atoms. The van der Waals surface area contributed by atoms with Crippen LogP contribution in [0.25, 0.3) is 0 Å². The lowest BCUT2D eigenvalue weighted by atomic mass is 9.87. The summed E-state index contributed by atoms with van der Waals surface area (Å²) in [4.78, 5) is -5.19. The maximum absolute atomic E-state index is 13.7. The molecule has 188 valence electrons. The van der Waals surface area contributed by atoms with Crippen molar-refractivity contribution in [3.8, 4) is 0 Å². The van der Waals surface area contributed by atoms with Gasteiger partial charge in [0.15, 0.2) is 0 Å². The molecule has 0 bridgehead atoms. The first kappa shape index (κ1) is 29.5. The molecule has 1 unspecified atom stereocenters. The molecule has 0 saturated heterocycles. The van der Waals surface area contributed by atoms with E-state index in [1.165, 1.54) is 0 Å². The second-order valence-electron chi connectivity index (χ2n) is 5.19. The lowest BCUT2D eigenvalue weighted by Gasteiger charge is -2.47. The Bertz CT molecular complexity index is 644. The Morgan fingerprint density at radius 3 is 0.839 bits per heavy atom. The average Bonchev–Trinajstić information content (AvgIpc) is 2.39. The molecule has 0 radical (unpaired) electrons. The van der Waals surface area contributed by atoms with Crippen LogP contribution in [0, 0.1) is 0 Å². The average molecular weight is 521 g/mol. The maximum atomic E-state index is 13.7. The number of hydrogen-bond donors (Lipinski definition) is 0. The van der Waals surface area contributed by atoms with Gasteiger partial charge in [-0.3, -0.25) is 0 Å². The predicted octanol–water partition coefficient (Wildman–Crippen LogP) is 6.66. The van der Waals surface area contributed by atoms with Crippen LogP contribution in [0.2, 0.25) is 0 Å². The van der Waals surface area contributed by atoms with Crippen molar-refractivity contribution in [3.63, 3.8) is 0 Å². The zero-order chi connectivity index (χ0) is 26.1. The van der Waals surface area contributed by atoms with Gasteiger partial charge in [-0.2, -0.15) is 87.8 Å². The Hall–Kier alpha value is -1.51. The molecule has 0 aliphatic rings. The number of rotatable bonds is 5. The van der Waals surface area contributed by atoms with Crippen molar-refractivity contribution < 1.29 is 92.2 Å². The van der Waals surface area contributed by atoms with Crippen LogP contribution < -0.4 is 0 Å². The molecule has 31 heavy (non-hydrogen) atoms. The third-order valence-electron chi connectivity index (χ3n) is 3.14. The normalized spacial score (nSPS) is 18.4. The summed E-state index contributed by atoms with van der Waals surface area (Å²) in [5.74, 6) is -17.8. The number of nitrogens with zero attached hydrogens (tertiary/aromatic N) is 1. The summed E-state index contributed by atoms with van der Waals surface area (Å²) < 4.78 is 265. The van der Waals surface area contributed by atoms with Gasteiger partial charge in [-0.15, -0.1) is 0 Å². The SMILES string of the molecule is FC(F)(F)N(C(F)(F)C(F)(F)F)C(F)(F)C(F)(C(F)(F)F)C(F)(F)C(F)(F)C(F)(F)F. The third kappa shape index (κ3) is 4.02. The van der Waals surface area contributed by atoms with Crippen molar-refractivity contribution in [1.82, 2.24) is 4.90 Å². The van der Waals surface area contributed by atoms with Crippen LogP contribution in [-0.4, -0.2) is 59.3 Å². The summed E-state index contributed by atoms with van der Waals surface area (Å²) >= 11 is 0. The van der Waals surface area contributed by atoms with Crippen LogP contribution in [0.5, 0.6) is 0 Å². The molecule has 0 aromatic rings. The first-order valence-electron chi connectivity index (χ1n) is 6.14. The molecule has 0 fully saturated rings. The van der Waals surface area contributed by atoms with E-state index in [-0.39, 0.29) is 0 Å². The smallest absolute Gasteiger partial charge is 0.218 e. The third-order valence-corrected chi connectivity index (χ3v) is 3.14. The zero-order valence-corrected chi connectivity index (χ0v) is 12.9. The van der Waals surface area contributed by atoms with E-state index in [1.54, 1.807) is 0 Å². The van der Waals surface area contributed by atoms with Crippen LogP contribution in [0.3, 0.4) is 0 Å². The van der Waals surface area contributed by atoms with Gasteiger partial charge >= 0.3 is 54.4 Å². The highest BCUT2D eigenvalue weighted by Gasteiger charge is 2.97. The lowest BCUT2D eigenvalue weighted by molar-refractivity contribution is -0.516. The van der Waals surface area contributed by atoms with E-state index in [9.17, 15) is 92.2 Å². The molecule has 0 N–H and O–H groups in total. The van der Waals surface area contributed by atoms with E-state index in [4.69, 9.17) is 0 Å². The molecule has 0 amide bonds. The topological polar surface area (TPSA) is 3.24 Å². The van der Waals surface area contributed by atoms with Crippen molar-refractivity contribution in [3.05, 3.63) is 0 Å². The van der Waals surface area contributed by atoms with Gasteiger partial charge in [0.25, 0.3) is 0 Å². The molecule has 1 nitrogen and oxygen atoms in total. The Morgan fingerprint density at radius 1 is 0.323 bits per heavy atom. The van der Waals surface area contributed by atoms with Gasteiger partial charge in [0.05, 0.1) is 0 Å². The highest BCUT2D eigenvalue weighted by Crippen LogP contribution is 2.65. The van der Waals surface area contributed by atoms with E-state index in [1.807, 2.05) is 0 Å². The van der Waals surface area contributed by atoms with Crippen LogP contribution in [0.15, 0.2) is 0 Å². The fourth-order valence-electron chi connectivity index (χ4n) is 1.71. The molecule has 1 atom stereocenters. The Kier molecular flexibility index (Phi) is 6.65. The Labute approximate surface area is 153 Å². The van der Waals surface area contributed by atoms with E-state index in [0.29, 0.717) is 0 Å². The number of hydrogen-bond acceptors (Lipinski definition) is 1. The minimum absolute atomic E-state index is 5.19. The van der Waals surface area contributed by atoms with Gasteiger partial charge in [0, 0.05) is 0 Å². The quantitative estimate of drug-likeness (QED) is 0.289. The van der Waals surface area contributed by atoms with Crippen molar-refractivity contribution in [2.45, 2.75) is 54.4 Å². The fourth-order valence-corrected chi connectivity index (χ4v) is 1.71. The Morgan fingerprint density at radius 2 is 0.645 bits per heavy atom. The van der Waals surface area contributed by atoms with Gasteiger partial charge in [-0.25, -0.2) is 4.39 Å². The van der Waals surface area contributed by atoms with Crippen LogP contribution in [0.4, 0.5) is 92.2 Å². The molecule has 0 aromatic carbocycles. The summed E-state index contributed by atoms with van der Waals surface area (Å²) in [6.45, 7) is 0. The number of halogens is 21. The highest BCUT2D eigenvalue weighted by atomic mass is 19.4. The van der Waals surface area contributed by atoms with Crippen molar-refractivity contribution in [1.29, 1.82) is 0 Å². The summed E-state index contributed by atoms with van der Waals surface area (Å²) in [6.07, 6.45) is -33.3. The zero-order valence-electron chi connectivity index (χ0n) is 12.9. The van der Waals surface area contributed by atoms with Crippen LogP contribution in [-0.2, 0) is 0 Å². The second-order valence-corrected chi connectivity index (χ2v) is 5.19. The van der Waals surface area contributed by atoms with Crippen molar-refractivity contribution in [2.24, 2.45) is 0 Å². The summed E-state index contributed by atoms with van der Waals surface area (Å²) in [7, 11) is 0. The van der Waals surface area contributed by atoms with Gasteiger partial charge in [0.1, 0.15) is 0 Å². The molecule has 0 saturated carbocycles. The van der Waals surface area contributed by atoms with E-state index in [0.717, 1.165) is 0 Å². The molecular formula is C9F21N. The first-order chi connectivity index (χ1) is 12.9. The van der Waals surface area contributed by atoms with E-state index >= 15 is 0 Å². The van der Waals surface area contributed by atoms with Crippen molar-refractivity contribution >= 4 is 0 Å². The summed E-state index contributed by atoms with van der Waals surface area (Å²) in [6, 6.07) is -17.7. The highest BCUT2D eigenvalue weighted by molar-refractivity contribution is 5.16. The van der Waals surface area contributed by atoms with Crippen LogP contribution >= 0.6 is 0 Å². The minimum Gasteiger partial charge on any atom is -0.218 e. The molecule has 22 heteroatoms. The van der Waals surface area contributed by atoms with Gasteiger partial charge in [-0.05, 0) is 0 Å². The molecular weight excluding hydrogens is 521 g/mol. The minimum atomic E-state index is -9.34. The van der Waals surface area contributed by atoms with Gasteiger partial charge in [-0.1, -0.05) is 4.90 Å². The maximum Gasteiger partial charge on any atom is 0.469 e. The molecule has 0 aliphatic heterocycles. The lowest BCUT2D eigenvalue weighted by Crippen LogP contribution is -2.80. The van der Waals surface area contributed by atoms with E-state index in [2.05, 4.69) is 0 Å². The fraction of sp³-hybridized carbons (Fsp3) is 1.00. The molecule has 0 aliphatic carbocycles. The van der Waals surface area contributed by atoms with E-state index < -0.39 is 59.3 Å². The van der Waals surface area contributed by atoms with Crippen LogP contribution in [0.1, 0.15) is 0 Å².